The van der Waals surface area contributed by atoms with Crippen molar-refractivity contribution in [2.75, 3.05) is 0 Å². The lowest BCUT2D eigenvalue weighted by molar-refractivity contribution is -0.137. The van der Waals surface area contributed by atoms with Crippen molar-refractivity contribution in [3.8, 4) is 17.6 Å². The average molecular weight is 398 g/mol. The third-order valence-electron chi connectivity index (χ3n) is 6.04. The van der Waals surface area contributed by atoms with Crippen LogP contribution in [0.3, 0.4) is 0 Å². The molecule has 0 radical (unpaired) electrons. The summed E-state index contributed by atoms with van der Waals surface area (Å²) >= 11 is 0. The van der Waals surface area contributed by atoms with E-state index >= 15 is 0 Å². The highest BCUT2D eigenvalue weighted by Gasteiger charge is 2.48. The molecule has 2 unspecified atom stereocenters. The molecular weight excluding hydrogens is 368 g/mol. The van der Waals surface area contributed by atoms with E-state index in [9.17, 15) is 15.0 Å². The summed E-state index contributed by atoms with van der Waals surface area (Å²) in [6, 6.07) is 6.01. The predicted molar refractivity (Wildman–Crippen MR) is 111 cm³/mol. The van der Waals surface area contributed by atoms with Crippen molar-refractivity contribution in [3.63, 3.8) is 0 Å². The van der Waals surface area contributed by atoms with E-state index in [0.717, 1.165) is 16.9 Å². The SMILES string of the molecule is CC#CCC(C)[C@H](O)C=C[C@H]1[C@H](O)CC2Oc3c(CCCC(=O)O)cccc3[C@@H]21. The zero-order valence-electron chi connectivity index (χ0n) is 17.0. The molecule has 5 nitrogen and oxygen atoms in total. The maximum atomic E-state index is 10.8. The van der Waals surface area contributed by atoms with E-state index in [1.54, 1.807) is 13.0 Å². The van der Waals surface area contributed by atoms with Crippen molar-refractivity contribution in [2.45, 2.75) is 70.2 Å². The lowest BCUT2D eigenvalue weighted by Gasteiger charge is -2.19. The largest absolute Gasteiger partial charge is 0.489 e. The van der Waals surface area contributed by atoms with Crippen LogP contribution in [-0.4, -0.2) is 39.6 Å². The summed E-state index contributed by atoms with van der Waals surface area (Å²) in [6.45, 7) is 3.75. The number of ether oxygens (including phenoxy) is 1. The molecule has 0 saturated heterocycles. The van der Waals surface area contributed by atoms with Crippen molar-refractivity contribution in [2.24, 2.45) is 11.8 Å². The van der Waals surface area contributed by atoms with Gasteiger partial charge in [0.25, 0.3) is 0 Å². The fraction of sp³-hybridized carbons (Fsp3) is 0.542. The number of carboxylic acids is 1. The van der Waals surface area contributed by atoms with Gasteiger partial charge in [0, 0.05) is 36.7 Å². The quantitative estimate of drug-likeness (QED) is 0.462. The second kappa shape index (κ2) is 9.47. The molecule has 1 heterocycles. The van der Waals surface area contributed by atoms with Crippen LogP contribution in [0.15, 0.2) is 30.4 Å². The molecule has 29 heavy (non-hydrogen) atoms. The van der Waals surface area contributed by atoms with Crippen LogP contribution in [0.2, 0.25) is 0 Å². The van der Waals surface area contributed by atoms with E-state index in [1.165, 1.54) is 0 Å². The van der Waals surface area contributed by atoms with Crippen LogP contribution < -0.4 is 4.74 Å². The first-order chi connectivity index (χ1) is 13.9. The molecule has 5 heteroatoms. The van der Waals surface area contributed by atoms with Gasteiger partial charge in [-0.2, -0.15) is 0 Å². The zero-order chi connectivity index (χ0) is 21.0. The molecule has 6 atom stereocenters. The minimum atomic E-state index is -0.790. The third kappa shape index (κ3) is 4.83. The van der Waals surface area contributed by atoms with E-state index in [1.807, 2.05) is 31.2 Å². The highest BCUT2D eigenvalue weighted by molar-refractivity contribution is 5.66. The van der Waals surface area contributed by atoms with Crippen LogP contribution in [0.25, 0.3) is 0 Å². The first kappa shape index (κ1) is 21.4. The average Bonchev–Trinajstić information content (AvgIpc) is 3.19. The molecule has 0 bridgehead atoms. The Morgan fingerprint density at radius 1 is 1.41 bits per heavy atom. The van der Waals surface area contributed by atoms with Crippen LogP contribution in [0.4, 0.5) is 0 Å². The molecule has 1 aromatic carbocycles. The number of carbonyl (C=O) groups is 1. The minimum absolute atomic E-state index is 0.0287. The molecule has 3 N–H and O–H groups in total. The second-order valence-electron chi connectivity index (χ2n) is 8.13. The van der Waals surface area contributed by atoms with Crippen LogP contribution >= 0.6 is 0 Å². The molecule has 0 amide bonds. The Morgan fingerprint density at radius 3 is 2.93 bits per heavy atom. The van der Waals surface area contributed by atoms with Gasteiger partial charge in [0.1, 0.15) is 11.9 Å². The fourth-order valence-corrected chi connectivity index (χ4v) is 4.41. The standard InChI is InChI=1S/C24H30O5/c1-3-4-7-15(2)19(25)13-12-17-20(26)14-21-23(17)18-10-5-8-16(24(18)29-21)9-6-11-22(27)28/h5,8,10,12-13,15,17,19-21,23,25-26H,6-7,9,11,14H2,1-2H3,(H,27,28)/t15?,17-,19+,20+,21?,23-/m0/s1. The summed E-state index contributed by atoms with van der Waals surface area (Å²) in [5.74, 6) is 5.87. The molecule has 1 aromatic rings. The van der Waals surface area contributed by atoms with Gasteiger partial charge in [0.05, 0.1) is 12.2 Å². The minimum Gasteiger partial charge on any atom is -0.489 e. The topological polar surface area (TPSA) is 87.0 Å². The number of aryl methyl sites for hydroxylation is 1. The summed E-state index contributed by atoms with van der Waals surface area (Å²) < 4.78 is 6.21. The molecule has 156 valence electrons. The van der Waals surface area contributed by atoms with Gasteiger partial charge in [-0.25, -0.2) is 0 Å². The molecule has 1 aliphatic heterocycles. The summed E-state index contributed by atoms with van der Waals surface area (Å²) in [5.41, 5.74) is 2.11. The number of benzene rings is 1. The van der Waals surface area contributed by atoms with Gasteiger partial charge >= 0.3 is 5.97 Å². The first-order valence-corrected chi connectivity index (χ1v) is 10.4. The summed E-state index contributed by atoms with van der Waals surface area (Å²) in [4.78, 5) is 10.8. The number of aliphatic carboxylic acids is 1. The fourth-order valence-electron chi connectivity index (χ4n) is 4.41. The van der Waals surface area contributed by atoms with Crippen LogP contribution in [-0.2, 0) is 11.2 Å². The van der Waals surface area contributed by atoms with Gasteiger partial charge in [-0.05, 0) is 31.2 Å². The lowest BCUT2D eigenvalue weighted by Crippen LogP contribution is -2.19. The molecule has 0 aromatic heterocycles. The molecule has 1 fully saturated rings. The maximum Gasteiger partial charge on any atom is 0.303 e. The Labute approximate surface area is 172 Å². The zero-order valence-corrected chi connectivity index (χ0v) is 17.0. The molecule has 1 saturated carbocycles. The number of aliphatic hydroxyl groups excluding tert-OH is 2. The van der Waals surface area contributed by atoms with Crippen molar-refractivity contribution in [1.82, 2.24) is 0 Å². The highest BCUT2D eigenvalue weighted by Crippen LogP contribution is 2.52. The monoisotopic (exact) mass is 398 g/mol. The lowest BCUT2D eigenvalue weighted by atomic mass is 9.86. The molecular formula is C24H30O5. The molecule has 0 spiro atoms. The van der Waals surface area contributed by atoms with E-state index in [-0.39, 0.29) is 30.3 Å². The number of carboxylic acid groups (broad SMARTS) is 1. The van der Waals surface area contributed by atoms with Gasteiger partial charge in [0.15, 0.2) is 0 Å². The molecule has 2 aliphatic rings. The normalized spacial score (nSPS) is 26.9. The van der Waals surface area contributed by atoms with E-state index in [4.69, 9.17) is 9.84 Å². The summed E-state index contributed by atoms with van der Waals surface area (Å²) in [7, 11) is 0. The predicted octanol–water partition coefficient (Wildman–Crippen LogP) is 3.29. The number of hydrogen-bond acceptors (Lipinski definition) is 4. The Hall–Kier alpha value is -2.29. The Balaban J connectivity index is 1.75. The van der Waals surface area contributed by atoms with Gasteiger partial charge in [0.2, 0.25) is 0 Å². The number of para-hydroxylation sites is 1. The number of rotatable bonds is 8. The van der Waals surface area contributed by atoms with Gasteiger partial charge in [-0.3, -0.25) is 4.79 Å². The first-order valence-electron chi connectivity index (χ1n) is 10.4. The Bertz CT molecular complexity index is 818. The van der Waals surface area contributed by atoms with Crippen molar-refractivity contribution < 1.29 is 24.9 Å². The van der Waals surface area contributed by atoms with Crippen molar-refractivity contribution >= 4 is 5.97 Å². The van der Waals surface area contributed by atoms with E-state index in [0.29, 0.717) is 25.7 Å². The smallest absolute Gasteiger partial charge is 0.303 e. The van der Waals surface area contributed by atoms with Crippen molar-refractivity contribution in [3.05, 3.63) is 41.5 Å². The number of hydrogen-bond donors (Lipinski definition) is 3. The van der Waals surface area contributed by atoms with Crippen LogP contribution in [0.1, 0.15) is 56.6 Å². The maximum absolute atomic E-state index is 10.8. The summed E-state index contributed by atoms with van der Waals surface area (Å²) in [5, 5.41) is 29.9. The van der Waals surface area contributed by atoms with E-state index < -0.39 is 18.2 Å². The number of aliphatic hydroxyl groups is 2. The van der Waals surface area contributed by atoms with Gasteiger partial charge < -0.3 is 20.1 Å². The Kier molecular flexibility index (Phi) is 7.00. The van der Waals surface area contributed by atoms with E-state index in [2.05, 4.69) is 11.8 Å². The Morgan fingerprint density at radius 2 is 2.21 bits per heavy atom. The highest BCUT2D eigenvalue weighted by atomic mass is 16.5. The molecule has 1 aliphatic carbocycles. The van der Waals surface area contributed by atoms with Crippen molar-refractivity contribution in [1.29, 1.82) is 0 Å². The summed E-state index contributed by atoms with van der Waals surface area (Å²) in [6.07, 6.45) is 5.07. The van der Waals surface area contributed by atoms with Crippen LogP contribution in [0.5, 0.6) is 5.75 Å². The van der Waals surface area contributed by atoms with Crippen LogP contribution in [0, 0.1) is 23.7 Å². The second-order valence-corrected chi connectivity index (χ2v) is 8.13. The third-order valence-corrected chi connectivity index (χ3v) is 6.04. The van der Waals surface area contributed by atoms with Gasteiger partial charge in [-0.15, -0.1) is 11.8 Å². The van der Waals surface area contributed by atoms with Gasteiger partial charge in [-0.1, -0.05) is 37.3 Å². The number of fused-ring (bicyclic) bond motifs is 3. The molecule has 3 rings (SSSR count).